The number of fused-ring (bicyclic) bond motifs is 1. The number of aryl methyl sites for hydroxylation is 2. The molecule has 2 aromatic carbocycles. The Morgan fingerprint density at radius 1 is 1.06 bits per heavy atom. The number of aromatic nitrogens is 3. The minimum atomic E-state index is 0.0942. The SMILES string of the molecule is Cc1c(C)n(C)c2ccc(C(=O)N3CCC(c4nc(-c5ccccc5)no4)CC3)cc12. The van der Waals surface area contributed by atoms with E-state index in [1.165, 1.54) is 11.3 Å². The van der Waals surface area contributed by atoms with Crippen molar-refractivity contribution in [2.75, 3.05) is 13.1 Å². The Bertz CT molecular complexity index is 1250. The summed E-state index contributed by atoms with van der Waals surface area (Å²) in [6.45, 7) is 5.61. The minimum Gasteiger partial charge on any atom is -0.348 e. The molecule has 1 saturated heterocycles. The summed E-state index contributed by atoms with van der Waals surface area (Å²) in [6, 6.07) is 15.9. The molecule has 0 saturated carbocycles. The summed E-state index contributed by atoms with van der Waals surface area (Å²) < 4.78 is 7.73. The molecule has 0 unspecified atom stereocenters. The second kappa shape index (κ2) is 7.69. The molecule has 4 aromatic rings. The molecule has 2 aromatic heterocycles. The quantitative estimate of drug-likeness (QED) is 0.480. The lowest BCUT2D eigenvalue weighted by atomic mass is 9.96. The van der Waals surface area contributed by atoms with Crippen molar-refractivity contribution in [2.24, 2.45) is 7.05 Å². The van der Waals surface area contributed by atoms with E-state index < -0.39 is 0 Å². The van der Waals surface area contributed by atoms with Crippen LogP contribution in [-0.2, 0) is 7.05 Å². The molecule has 0 radical (unpaired) electrons. The highest BCUT2D eigenvalue weighted by molar-refractivity contribution is 5.99. The highest BCUT2D eigenvalue weighted by Crippen LogP contribution is 2.30. The molecule has 0 spiro atoms. The smallest absolute Gasteiger partial charge is 0.253 e. The van der Waals surface area contributed by atoms with Crippen molar-refractivity contribution in [3.8, 4) is 11.4 Å². The highest BCUT2D eigenvalue weighted by Gasteiger charge is 2.28. The van der Waals surface area contributed by atoms with E-state index in [0.717, 1.165) is 34.9 Å². The van der Waals surface area contributed by atoms with Crippen molar-refractivity contribution in [1.82, 2.24) is 19.6 Å². The van der Waals surface area contributed by atoms with Crippen LogP contribution in [0.4, 0.5) is 0 Å². The lowest BCUT2D eigenvalue weighted by Gasteiger charge is -2.30. The molecule has 1 aliphatic heterocycles. The molecular formula is C25H26N4O2. The lowest BCUT2D eigenvalue weighted by Crippen LogP contribution is -2.38. The van der Waals surface area contributed by atoms with Gasteiger partial charge in [0.1, 0.15) is 0 Å². The number of hydrogen-bond acceptors (Lipinski definition) is 4. The minimum absolute atomic E-state index is 0.0942. The summed E-state index contributed by atoms with van der Waals surface area (Å²) >= 11 is 0. The Labute approximate surface area is 181 Å². The zero-order chi connectivity index (χ0) is 21.5. The molecular weight excluding hydrogens is 388 g/mol. The van der Waals surface area contributed by atoms with E-state index in [2.05, 4.69) is 41.7 Å². The van der Waals surface area contributed by atoms with Gasteiger partial charge < -0.3 is 14.0 Å². The Kier molecular flexibility index (Phi) is 4.85. The predicted octanol–water partition coefficient (Wildman–Crippen LogP) is 4.86. The van der Waals surface area contributed by atoms with Crippen molar-refractivity contribution in [1.29, 1.82) is 0 Å². The van der Waals surface area contributed by atoms with Gasteiger partial charge in [-0.15, -0.1) is 0 Å². The Morgan fingerprint density at radius 2 is 1.81 bits per heavy atom. The molecule has 0 N–H and O–H groups in total. The number of likely N-dealkylation sites (tertiary alicyclic amines) is 1. The van der Waals surface area contributed by atoms with Crippen LogP contribution in [-0.4, -0.2) is 38.6 Å². The van der Waals surface area contributed by atoms with E-state index in [1.54, 1.807) is 0 Å². The number of amides is 1. The van der Waals surface area contributed by atoms with E-state index in [-0.39, 0.29) is 11.8 Å². The van der Waals surface area contributed by atoms with Gasteiger partial charge in [0.25, 0.3) is 5.91 Å². The fourth-order valence-corrected chi connectivity index (χ4v) is 4.51. The Morgan fingerprint density at radius 3 is 2.55 bits per heavy atom. The Hall–Kier alpha value is -3.41. The van der Waals surface area contributed by atoms with Crippen LogP contribution < -0.4 is 0 Å². The molecule has 1 fully saturated rings. The fourth-order valence-electron chi connectivity index (χ4n) is 4.51. The molecule has 158 valence electrons. The normalized spacial score (nSPS) is 15.0. The number of hydrogen-bond donors (Lipinski definition) is 0. The molecule has 6 nitrogen and oxygen atoms in total. The largest absolute Gasteiger partial charge is 0.348 e. The van der Waals surface area contributed by atoms with Crippen LogP contribution in [0.25, 0.3) is 22.3 Å². The van der Waals surface area contributed by atoms with Gasteiger partial charge in [-0.05, 0) is 50.5 Å². The summed E-state index contributed by atoms with van der Waals surface area (Å²) in [5.41, 5.74) is 5.33. The van der Waals surface area contributed by atoms with Crippen LogP contribution in [0.2, 0.25) is 0 Å². The third-order valence-corrected chi connectivity index (χ3v) is 6.66. The first kappa shape index (κ1) is 19.5. The second-order valence-corrected chi connectivity index (χ2v) is 8.39. The van der Waals surface area contributed by atoms with E-state index in [4.69, 9.17) is 4.52 Å². The number of benzene rings is 2. The first-order valence-corrected chi connectivity index (χ1v) is 10.8. The zero-order valence-corrected chi connectivity index (χ0v) is 18.1. The molecule has 6 heteroatoms. The zero-order valence-electron chi connectivity index (χ0n) is 18.1. The van der Waals surface area contributed by atoms with Crippen LogP contribution in [0.5, 0.6) is 0 Å². The predicted molar refractivity (Wildman–Crippen MR) is 120 cm³/mol. The number of carbonyl (C=O) groups is 1. The third-order valence-electron chi connectivity index (χ3n) is 6.66. The number of carbonyl (C=O) groups excluding carboxylic acids is 1. The number of nitrogens with zero attached hydrogens (tertiary/aromatic N) is 4. The van der Waals surface area contributed by atoms with Gasteiger partial charge >= 0.3 is 0 Å². The molecule has 31 heavy (non-hydrogen) atoms. The molecule has 1 aliphatic rings. The van der Waals surface area contributed by atoms with Crippen molar-refractivity contribution < 1.29 is 9.32 Å². The topological polar surface area (TPSA) is 64.2 Å². The van der Waals surface area contributed by atoms with Gasteiger partial charge in [-0.1, -0.05) is 35.5 Å². The summed E-state index contributed by atoms with van der Waals surface area (Å²) in [4.78, 5) is 19.7. The van der Waals surface area contributed by atoms with E-state index >= 15 is 0 Å². The standard InChI is InChI=1S/C25H26N4O2/c1-16-17(2)28(3)22-10-9-20(15-21(16)22)25(30)29-13-11-19(12-14-29)24-26-23(27-31-24)18-7-5-4-6-8-18/h4-10,15,19H,11-14H2,1-3H3. The van der Waals surface area contributed by atoms with E-state index in [0.29, 0.717) is 24.8 Å². The monoisotopic (exact) mass is 414 g/mol. The van der Waals surface area contributed by atoms with Crippen LogP contribution in [0, 0.1) is 13.8 Å². The fraction of sp³-hybridized carbons (Fsp3) is 0.320. The van der Waals surface area contributed by atoms with Crippen LogP contribution in [0.1, 0.15) is 46.3 Å². The van der Waals surface area contributed by atoms with Gasteiger partial charge in [0.15, 0.2) is 0 Å². The Balaban J connectivity index is 1.28. The third kappa shape index (κ3) is 3.42. The van der Waals surface area contributed by atoms with Gasteiger partial charge in [-0.2, -0.15) is 4.98 Å². The van der Waals surface area contributed by atoms with Gasteiger partial charge in [0.05, 0.1) is 0 Å². The maximum Gasteiger partial charge on any atom is 0.253 e. The molecule has 5 rings (SSSR count). The second-order valence-electron chi connectivity index (χ2n) is 8.39. The molecule has 0 atom stereocenters. The molecule has 3 heterocycles. The summed E-state index contributed by atoms with van der Waals surface area (Å²) in [5.74, 6) is 1.57. The van der Waals surface area contributed by atoms with Crippen molar-refractivity contribution in [3.05, 3.63) is 71.2 Å². The molecule has 0 bridgehead atoms. The average Bonchev–Trinajstić information content (AvgIpc) is 3.40. The average molecular weight is 415 g/mol. The van der Waals surface area contributed by atoms with Gasteiger partial charge in [-0.3, -0.25) is 4.79 Å². The number of rotatable bonds is 3. The van der Waals surface area contributed by atoms with Crippen molar-refractivity contribution >= 4 is 16.8 Å². The lowest BCUT2D eigenvalue weighted by molar-refractivity contribution is 0.0704. The van der Waals surface area contributed by atoms with Gasteiger partial charge in [0, 0.05) is 53.8 Å². The van der Waals surface area contributed by atoms with Crippen LogP contribution in [0.15, 0.2) is 53.1 Å². The van der Waals surface area contributed by atoms with E-state index in [9.17, 15) is 4.79 Å². The first-order chi connectivity index (χ1) is 15.0. The van der Waals surface area contributed by atoms with Crippen LogP contribution in [0.3, 0.4) is 0 Å². The molecule has 1 amide bonds. The number of piperidine rings is 1. The van der Waals surface area contributed by atoms with E-state index in [1.807, 2.05) is 47.4 Å². The van der Waals surface area contributed by atoms with Gasteiger partial charge in [0.2, 0.25) is 11.7 Å². The summed E-state index contributed by atoms with van der Waals surface area (Å²) in [7, 11) is 2.07. The summed E-state index contributed by atoms with van der Waals surface area (Å²) in [5, 5.41) is 5.29. The maximum atomic E-state index is 13.1. The molecule has 0 aliphatic carbocycles. The maximum absolute atomic E-state index is 13.1. The van der Waals surface area contributed by atoms with Crippen LogP contribution >= 0.6 is 0 Å². The van der Waals surface area contributed by atoms with Crippen molar-refractivity contribution in [3.63, 3.8) is 0 Å². The van der Waals surface area contributed by atoms with Gasteiger partial charge in [-0.25, -0.2) is 0 Å². The van der Waals surface area contributed by atoms with Crippen molar-refractivity contribution in [2.45, 2.75) is 32.6 Å². The highest BCUT2D eigenvalue weighted by atomic mass is 16.5. The first-order valence-electron chi connectivity index (χ1n) is 10.8. The summed E-state index contributed by atoms with van der Waals surface area (Å²) in [6.07, 6.45) is 1.65.